The lowest BCUT2D eigenvalue weighted by atomic mass is 10.1. The van der Waals surface area contributed by atoms with Gasteiger partial charge in [0.05, 0.1) is 23.0 Å². The number of hydrogen-bond donors (Lipinski definition) is 1. The molecule has 0 amide bonds. The minimum atomic E-state index is -0.209. The van der Waals surface area contributed by atoms with Gasteiger partial charge in [0, 0.05) is 10.6 Å². The zero-order chi connectivity index (χ0) is 19.7. The fourth-order valence-corrected chi connectivity index (χ4v) is 3.25. The van der Waals surface area contributed by atoms with Gasteiger partial charge >= 0.3 is 0 Å². The van der Waals surface area contributed by atoms with Crippen molar-refractivity contribution in [1.29, 1.82) is 0 Å². The van der Waals surface area contributed by atoms with Crippen LogP contribution in [0.15, 0.2) is 65.5 Å². The van der Waals surface area contributed by atoms with E-state index in [2.05, 4.69) is 9.97 Å². The van der Waals surface area contributed by atoms with E-state index in [1.165, 1.54) is 0 Å². The molecule has 140 valence electrons. The fourth-order valence-electron chi connectivity index (χ4n) is 2.80. The predicted molar refractivity (Wildman–Crippen MR) is 111 cm³/mol. The Balaban J connectivity index is 1.79. The van der Waals surface area contributed by atoms with Gasteiger partial charge in [-0.25, -0.2) is 4.98 Å². The Hall–Kier alpha value is -3.02. The lowest BCUT2D eigenvalue weighted by Gasteiger charge is -2.13. The first-order valence-corrected chi connectivity index (χ1v) is 9.11. The van der Waals surface area contributed by atoms with Gasteiger partial charge in [0.2, 0.25) is 0 Å². The number of aromatic nitrogens is 2. The molecule has 0 bridgehead atoms. The molecule has 0 unspecified atom stereocenters. The number of ether oxygens (including phenoxy) is 2. The van der Waals surface area contributed by atoms with Crippen LogP contribution in [0.5, 0.6) is 17.2 Å². The summed E-state index contributed by atoms with van der Waals surface area (Å²) in [5.74, 6) is 1.80. The summed E-state index contributed by atoms with van der Waals surface area (Å²) in [6.45, 7) is 0. The van der Waals surface area contributed by atoms with Crippen LogP contribution in [-0.2, 0) is 0 Å². The lowest BCUT2D eigenvalue weighted by Crippen LogP contribution is -2.09. The van der Waals surface area contributed by atoms with Gasteiger partial charge in [0.15, 0.2) is 11.5 Å². The minimum absolute atomic E-state index is 0.209. The van der Waals surface area contributed by atoms with Gasteiger partial charge in [0.1, 0.15) is 11.6 Å². The van der Waals surface area contributed by atoms with Gasteiger partial charge in [-0.1, -0.05) is 35.3 Å². The SMILES string of the molecule is COc1ccc(-c2nc3ccccc3c(=O)[nH]2)cc1Oc1ccc(Cl)cc1Cl. The second kappa shape index (κ2) is 7.54. The quantitative estimate of drug-likeness (QED) is 0.466. The summed E-state index contributed by atoms with van der Waals surface area (Å²) in [6.07, 6.45) is 0. The molecular weight excluding hydrogens is 399 g/mol. The lowest BCUT2D eigenvalue weighted by molar-refractivity contribution is 0.379. The van der Waals surface area contributed by atoms with Crippen molar-refractivity contribution >= 4 is 34.1 Å². The number of halogens is 2. The van der Waals surface area contributed by atoms with Gasteiger partial charge in [-0.05, 0) is 48.5 Å². The normalized spacial score (nSPS) is 10.8. The van der Waals surface area contributed by atoms with E-state index in [0.29, 0.717) is 49.6 Å². The third kappa shape index (κ3) is 3.54. The number of hydrogen-bond acceptors (Lipinski definition) is 4. The smallest absolute Gasteiger partial charge is 0.259 e. The van der Waals surface area contributed by atoms with E-state index >= 15 is 0 Å². The summed E-state index contributed by atoms with van der Waals surface area (Å²) in [4.78, 5) is 19.7. The van der Waals surface area contributed by atoms with E-state index in [1.54, 1.807) is 61.7 Å². The maximum Gasteiger partial charge on any atom is 0.259 e. The van der Waals surface area contributed by atoms with Crippen molar-refractivity contribution in [3.8, 4) is 28.6 Å². The summed E-state index contributed by atoms with van der Waals surface area (Å²) < 4.78 is 11.3. The average molecular weight is 413 g/mol. The molecule has 0 aliphatic rings. The number of nitrogens with zero attached hydrogens (tertiary/aromatic N) is 1. The average Bonchev–Trinajstić information content (AvgIpc) is 2.70. The molecule has 7 heteroatoms. The Labute approximate surface area is 170 Å². The monoisotopic (exact) mass is 412 g/mol. The zero-order valence-electron chi connectivity index (χ0n) is 14.7. The molecule has 1 N–H and O–H groups in total. The number of rotatable bonds is 4. The first-order valence-electron chi connectivity index (χ1n) is 8.35. The molecule has 1 aromatic heterocycles. The molecule has 4 aromatic rings. The molecule has 5 nitrogen and oxygen atoms in total. The number of methoxy groups -OCH3 is 1. The van der Waals surface area contributed by atoms with Crippen molar-refractivity contribution < 1.29 is 9.47 Å². The van der Waals surface area contributed by atoms with Crippen LogP contribution in [-0.4, -0.2) is 17.1 Å². The van der Waals surface area contributed by atoms with Crippen LogP contribution >= 0.6 is 23.2 Å². The first-order chi connectivity index (χ1) is 13.5. The molecule has 0 atom stereocenters. The largest absolute Gasteiger partial charge is 0.493 e. The van der Waals surface area contributed by atoms with Crippen molar-refractivity contribution in [3.63, 3.8) is 0 Å². The molecule has 3 aromatic carbocycles. The number of para-hydroxylation sites is 1. The molecule has 0 saturated carbocycles. The molecule has 0 fully saturated rings. The third-order valence-corrected chi connectivity index (χ3v) is 4.69. The van der Waals surface area contributed by atoms with Crippen LogP contribution in [0.3, 0.4) is 0 Å². The van der Waals surface area contributed by atoms with Crippen LogP contribution in [0.4, 0.5) is 0 Å². The molecule has 0 aliphatic carbocycles. The molecule has 0 saturated heterocycles. The summed E-state index contributed by atoms with van der Waals surface area (Å²) >= 11 is 12.1. The van der Waals surface area contributed by atoms with E-state index in [1.807, 2.05) is 6.07 Å². The molecule has 1 heterocycles. The Morgan fingerprint density at radius 1 is 0.929 bits per heavy atom. The van der Waals surface area contributed by atoms with Gasteiger partial charge in [-0.3, -0.25) is 4.79 Å². The number of fused-ring (bicyclic) bond motifs is 1. The molecule has 0 spiro atoms. The third-order valence-electron chi connectivity index (χ3n) is 4.16. The zero-order valence-corrected chi connectivity index (χ0v) is 16.2. The number of aromatic amines is 1. The van der Waals surface area contributed by atoms with Crippen LogP contribution in [0.2, 0.25) is 10.0 Å². The second-order valence-electron chi connectivity index (χ2n) is 5.97. The molecule has 0 radical (unpaired) electrons. The van der Waals surface area contributed by atoms with Crippen LogP contribution in [0, 0.1) is 0 Å². The maximum atomic E-state index is 12.4. The second-order valence-corrected chi connectivity index (χ2v) is 6.82. The molecule has 0 aliphatic heterocycles. The summed E-state index contributed by atoms with van der Waals surface area (Å²) in [6, 6.07) is 17.4. The van der Waals surface area contributed by atoms with Gasteiger partial charge in [-0.15, -0.1) is 0 Å². The number of H-pyrrole nitrogens is 1. The Morgan fingerprint density at radius 2 is 1.71 bits per heavy atom. The van der Waals surface area contributed by atoms with E-state index < -0.39 is 0 Å². The van der Waals surface area contributed by atoms with Crippen LogP contribution < -0.4 is 15.0 Å². The van der Waals surface area contributed by atoms with E-state index in [4.69, 9.17) is 32.7 Å². The van der Waals surface area contributed by atoms with E-state index in [9.17, 15) is 4.79 Å². The summed E-state index contributed by atoms with van der Waals surface area (Å²) in [7, 11) is 1.54. The number of benzene rings is 3. The van der Waals surface area contributed by atoms with Crippen molar-refractivity contribution in [2.24, 2.45) is 0 Å². The van der Waals surface area contributed by atoms with Gasteiger partial charge in [-0.2, -0.15) is 0 Å². The highest BCUT2D eigenvalue weighted by Crippen LogP contribution is 2.38. The Bertz CT molecular complexity index is 1240. The maximum absolute atomic E-state index is 12.4. The fraction of sp³-hybridized carbons (Fsp3) is 0.0476. The van der Waals surface area contributed by atoms with Gasteiger partial charge < -0.3 is 14.5 Å². The number of nitrogens with one attached hydrogen (secondary N) is 1. The van der Waals surface area contributed by atoms with Crippen molar-refractivity contribution in [2.45, 2.75) is 0 Å². The molecule has 28 heavy (non-hydrogen) atoms. The minimum Gasteiger partial charge on any atom is -0.493 e. The highest BCUT2D eigenvalue weighted by atomic mass is 35.5. The van der Waals surface area contributed by atoms with E-state index in [0.717, 1.165) is 0 Å². The Kier molecular flexibility index (Phi) is 4.94. The van der Waals surface area contributed by atoms with Gasteiger partial charge in [0.25, 0.3) is 5.56 Å². The van der Waals surface area contributed by atoms with Crippen LogP contribution in [0.1, 0.15) is 0 Å². The van der Waals surface area contributed by atoms with Crippen molar-refractivity contribution in [2.75, 3.05) is 7.11 Å². The van der Waals surface area contributed by atoms with Crippen LogP contribution in [0.25, 0.3) is 22.3 Å². The van der Waals surface area contributed by atoms with Crippen molar-refractivity contribution in [1.82, 2.24) is 9.97 Å². The predicted octanol–water partition coefficient (Wildman–Crippen LogP) is 5.70. The molecular formula is C21H14Cl2N2O3. The first kappa shape index (κ1) is 18.3. The Morgan fingerprint density at radius 3 is 2.50 bits per heavy atom. The highest BCUT2D eigenvalue weighted by Gasteiger charge is 2.13. The standard InChI is InChI=1S/C21H14Cl2N2O3/c1-27-18-8-6-12(10-19(18)28-17-9-7-13(22)11-15(17)23)20-24-16-5-3-2-4-14(16)21(26)25-20/h2-11H,1H3,(H,24,25,26). The highest BCUT2D eigenvalue weighted by molar-refractivity contribution is 6.35. The topological polar surface area (TPSA) is 64.2 Å². The molecule has 4 rings (SSSR count). The summed E-state index contributed by atoms with van der Waals surface area (Å²) in [5, 5.41) is 1.41. The summed E-state index contributed by atoms with van der Waals surface area (Å²) in [5.41, 5.74) is 1.07. The van der Waals surface area contributed by atoms with E-state index in [-0.39, 0.29) is 5.56 Å². The van der Waals surface area contributed by atoms with Crippen molar-refractivity contribution in [3.05, 3.63) is 81.1 Å².